The van der Waals surface area contributed by atoms with Crippen molar-refractivity contribution < 1.29 is 9.53 Å². The van der Waals surface area contributed by atoms with Gasteiger partial charge in [0.05, 0.1) is 24.4 Å². The van der Waals surface area contributed by atoms with E-state index in [4.69, 9.17) is 4.74 Å². The minimum absolute atomic E-state index is 0.137. The number of alkyl halides is 1. The van der Waals surface area contributed by atoms with Crippen LogP contribution in [0.25, 0.3) is 16.5 Å². The molecule has 1 heterocycles. The second kappa shape index (κ2) is 10.0. The SMILES string of the molecule is CC[C@H](NC(=O)c1c(CBr)n(-c2ccc(OC)cc2)c(=O)c2ccccc12)c1ccccc1. The molecule has 0 unspecified atom stereocenters. The Hall–Kier alpha value is -3.38. The van der Waals surface area contributed by atoms with Crippen molar-refractivity contribution in [3.63, 3.8) is 0 Å². The van der Waals surface area contributed by atoms with Gasteiger partial charge in [0.15, 0.2) is 0 Å². The Labute approximate surface area is 201 Å². The van der Waals surface area contributed by atoms with Crippen LogP contribution in [0.2, 0.25) is 0 Å². The maximum Gasteiger partial charge on any atom is 0.263 e. The number of carbonyl (C=O) groups is 1. The Morgan fingerprint density at radius 3 is 2.21 bits per heavy atom. The largest absolute Gasteiger partial charge is 0.497 e. The molecule has 0 aliphatic heterocycles. The van der Waals surface area contributed by atoms with Gasteiger partial charge in [-0.25, -0.2) is 0 Å². The molecule has 0 spiro atoms. The van der Waals surface area contributed by atoms with Crippen molar-refractivity contribution in [1.82, 2.24) is 9.88 Å². The highest BCUT2D eigenvalue weighted by Crippen LogP contribution is 2.26. The molecule has 0 saturated heterocycles. The van der Waals surface area contributed by atoms with E-state index in [-0.39, 0.29) is 17.5 Å². The molecule has 3 aromatic carbocycles. The van der Waals surface area contributed by atoms with Crippen LogP contribution in [0.5, 0.6) is 5.75 Å². The molecule has 0 aliphatic rings. The van der Waals surface area contributed by atoms with Gasteiger partial charge < -0.3 is 10.1 Å². The zero-order valence-electron chi connectivity index (χ0n) is 18.5. The average Bonchev–Trinajstić information content (AvgIpc) is 2.87. The Morgan fingerprint density at radius 1 is 0.970 bits per heavy atom. The number of fused-ring (bicyclic) bond motifs is 1. The van der Waals surface area contributed by atoms with E-state index in [1.807, 2.05) is 67.6 Å². The topological polar surface area (TPSA) is 60.3 Å². The van der Waals surface area contributed by atoms with Gasteiger partial charge in [0, 0.05) is 21.8 Å². The second-order valence-corrected chi connectivity index (χ2v) is 8.25. The van der Waals surface area contributed by atoms with Crippen molar-refractivity contribution in [2.24, 2.45) is 0 Å². The van der Waals surface area contributed by atoms with Gasteiger partial charge in [0.25, 0.3) is 11.5 Å². The van der Waals surface area contributed by atoms with Crippen molar-refractivity contribution in [2.45, 2.75) is 24.7 Å². The maximum absolute atomic E-state index is 13.7. The van der Waals surface area contributed by atoms with E-state index in [2.05, 4.69) is 21.2 Å². The third-order valence-corrected chi connectivity index (χ3v) is 6.32. The molecule has 4 aromatic rings. The molecule has 1 amide bonds. The first kappa shape index (κ1) is 22.8. The molecular formula is C27H25BrN2O3. The number of ether oxygens (including phenoxy) is 1. The van der Waals surface area contributed by atoms with E-state index in [0.29, 0.717) is 38.8 Å². The predicted molar refractivity (Wildman–Crippen MR) is 136 cm³/mol. The lowest BCUT2D eigenvalue weighted by Gasteiger charge is -2.22. The minimum atomic E-state index is -0.210. The molecule has 0 radical (unpaired) electrons. The molecule has 1 aromatic heterocycles. The molecule has 5 nitrogen and oxygen atoms in total. The van der Waals surface area contributed by atoms with E-state index in [1.54, 1.807) is 29.9 Å². The van der Waals surface area contributed by atoms with Gasteiger partial charge in [0.2, 0.25) is 0 Å². The number of methoxy groups -OCH3 is 1. The predicted octanol–water partition coefficient (Wildman–Crippen LogP) is 5.78. The highest BCUT2D eigenvalue weighted by atomic mass is 79.9. The first-order valence-electron chi connectivity index (χ1n) is 10.8. The Balaban J connectivity index is 1.90. The summed E-state index contributed by atoms with van der Waals surface area (Å²) in [4.78, 5) is 27.2. The van der Waals surface area contributed by atoms with Crippen molar-refractivity contribution in [3.8, 4) is 11.4 Å². The summed E-state index contributed by atoms with van der Waals surface area (Å²) in [5.74, 6) is 0.484. The Morgan fingerprint density at radius 2 is 1.61 bits per heavy atom. The third kappa shape index (κ3) is 4.44. The van der Waals surface area contributed by atoms with E-state index in [1.165, 1.54) is 0 Å². The molecular weight excluding hydrogens is 480 g/mol. The summed E-state index contributed by atoms with van der Waals surface area (Å²) >= 11 is 3.54. The van der Waals surface area contributed by atoms with E-state index in [9.17, 15) is 9.59 Å². The van der Waals surface area contributed by atoms with Crippen molar-refractivity contribution >= 4 is 32.6 Å². The standard InChI is InChI=1S/C27H25BrN2O3/c1-3-23(18-9-5-4-6-10-18)29-26(31)25-21-11-7-8-12-22(21)27(32)30(24(25)17-28)19-13-15-20(33-2)16-14-19/h4-16,23H,3,17H2,1-2H3,(H,29,31)/t23-/m0/s1. The lowest BCUT2D eigenvalue weighted by molar-refractivity contribution is 0.0936. The lowest BCUT2D eigenvalue weighted by atomic mass is 10.0. The Bertz CT molecular complexity index is 1330. The molecule has 0 bridgehead atoms. The van der Waals surface area contributed by atoms with Gasteiger partial charge in [-0.15, -0.1) is 0 Å². The summed E-state index contributed by atoms with van der Waals surface area (Å²) in [5, 5.41) is 4.66. The number of hydrogen-bond donors (Lipinski definition) is 1. The monoisotopic (exact) mass is 504 g/mol. The molecule has 6 heteroatoms. The number of halogens is 1. The number of pyridine rings is 1. The van der Waals surface area contributed by atoms with Crippen LogP contribution in [0, 0.1) is 0 Å². The van der Waals surface area contributed by atoms with Gasteiger partial charge in [-0.3, -0.25) is 14.2 Å². The number of nitrogens with zero attached hydrogens (tertiary/aromatic N) is 1. The summed E-state index contributed by atoms with van der Waals surface area (Å²) in [6.45, 7) is 2.04. The normalized spacial score (nSPS) is 11.8. The van der Waals surface area contributed by atoms with Crippen LogP contribution in [0.15, 0.2) is 83.7 Å². The first-order chi connectivity index (χ1) is 16.1. The number of carbonyl (C=O) groups excluding carboxylic acids is 1. The zero-order chi connectivity index (χ0) is 23.4. The van der Waals surface area contributed by atoms with Crippen LogP contribution in [0.4, 0.5) is 0 Å². The van der Waals surface area contributed by atoms with E-state index < -0.39 is 0 Å². The third-order valence-electron chi connectivity index (χ3n) is 5.79. The van der Waals surface area contributed by atoms with Gasteiger partial charge in [-0.1, -0.05) is 71.4 Å². The number of aromatic nitrogens is 1. The van der Waals surface area contributed by atoms with E-state index >= 15 is 0 Å². The second-order valence-electron chi connectivity index (χ2n) is 7.68. The number of benzene rings is 3. The fourth-order valence-corrected chi connectivity index (χ4v) is 4.65. The minimum Gasteiger partial charge on any atom is -0.497 e. The summed E-state index contributed by atoms with van der Waals surface area (Å²) in [7, 11) is 1.60. The Kier molecular flexibility index (Phi) is 6.94. The van der Waals surface area contributed by atoms with Crippen LogP contribution < -0.4 is 15.6 Å². The summed E-state index contributed by atoms with van der Waals surface area (Å²) in [6, 6.07) is 24.3. The zero-order valence-corrected chi connectivity index (χ0v) is 20.1. The van der Waals surface area contributed by atoms with Crippen molar-refractivity contribution in [1.29, 1.82) is 0 Å². The molecule has 1 atom stereocenters. The molecule has 168 valence electrons. The summed E-state index contributed by atoms with van der Waals surface area (Å²) in [5.41, 5.74) is 2.64. The van der Waals surface area contributed by atoms with Gasteiger partial charge in [-0.05, 0) is 42.3 Å². The molecule has 0 aliphatic carbocycles. The fraction of sp³-hybridized carbons (Fsp3) is 0.185. The molecule has 1 N–H and O–H groups in total. The quantitative estimate of drug-likeness (QED) is 0.324. The summed E-state index contributed by atoms with van der Waals surface area (Å²) < 4.78 is 6.87. The van der Waals surface area contributed by atoms with Crippen molar-refractivity contribution in [3.05, 3.63) is 106 Å². The first-order valence-corrected chi connectivity index (χ1v) is 11.9. The van der Waals surface area contributed by atoms with Crippen LogP contribution in [-0.2, 0) is 5.33 Å². The molecule has 0 saturated carbocycles. The van der Waals surface area contributed by atoms with Gasteiger partial charge in [0.1, 0.15) is 5.75 Å². The van der Waals surface area contributed by atoms with Gasteiger partial charge >= 0.3 is 0 Å². The molecule has 0 fully saturated rings. The highest BCUT2D eigenvalue weighted by molar-refractivity contribution is 9.08. The number of amides is 1. The van der Waals surface area contributed by atoms with E-state index in [0.717, 1.165) is 12.0 Å². The van der Waals surface area contributed by atoms with Crippen LogP contribution in [0.1, 0.15) is 41.0 Å². The smallest absolute Gasteiger partial charge is 0.263 e. The lowest BCUT2D eigenvalue weighted by Crippen LogP contribution is -2.32. The fourth-order valence-electron chi connectivity index (χ4n) is 4.12. The molecule has 4 rings (SSSR count). The maximum atomic E-state index is 13.7. The number of nitrogens with one attached hydrogen (secondary N) is 1. The van der Waals surface area contributed by atoms with Crippen molar-refractivity contribution in [2.75, 3.05) is 7.11 Å². The molecule has 33 heavy (non-hydrogen) atoms. The van der Waals surface area contributed by atoms with Gasteiger partial charge in [-0.2, -0.15) is 0 Å². The van der Waals surface area contributed by atoms with Crippen LogP contribution in [-0.4, -0.2) is 17.6 Å². The average molecular weight is 505 g/mol. The summed E-state index contributed by atoms with van der Waals surface area (Å²) in [6.07, 6.45) is 0.745. The highest BCUT2D eigenvalue weighted by Gasteiger charge is 2.24. The number of rotatable bonds is 7. The van der Waals surface area contributed by atoms with Crippen LogP contribution in [0.3, 0.4) is 0 Å². The van der Waals surface area contributed by atoms with Crippen LogP contribution >= 0.6 is 15.9 Å². The number of hydrogen-bond acceptors (Lipinski definition) is 3.